The molecule has 0 spiro atoms. The number of nitrogens with two attached hydrogens (primary N) is 1. The van der Waals surface area contributed by atoms with Gasteiger partial charge in [0.05, 0.1) is 7.11 Å². The highest BCUT2D eigenvalue weighted by Crippen LogP contribution is 2.20. The number of nitriles is 1. The van der Waals surface area contributed by atoms with Crippen LogP contribution in [0.2, 0.25) is 0 Å². The largest absolute Gasteiger partial charge is 0.497 e. The fourth-order valence-electron chi connectivity index (χ4n) is 1.39. The van der Waals surface area contributed by atoms with Gasteiger partial charge in [-0.3, -0.25) is 0 Å². The van der Waals surface area contributed by atoms with Crippen LogP contribution >= 0.6 is 0 Å². The molecule has 0 saturated carbocycles. The molecule has 0 amide bonds. The van der Waals surface area contributed by atoms with E-state index in [1.165, 1.54) is 6.07 Å². The summed E-state index contributed by atoms with van der Waals surface area (Å²) < 4.78 is 5.06. The molecule has 1 aromatic heterocycles. The molecule has 5 heteroatoms. The lowest BCUT2D eigenvalue weighted by molar-refractivity contribution is 0.415. The Kier molecular flexibility index (Phi) is 2.88. The van der Waals surface area contributed by atoms with Crippen molar-refractivity contribution in [2.24, 2.45) is 0 Å². The van der Waals surface area contributed by atoms with Gasteiger partial charge in [-0.15, -0.1) is 0 Å². The van der Waals surface area contributed by atoms with Crippen LogP contribution in [-0.2, 0) is 0 Å². The number of rotatable bonds is 2. The van der Waals surface area contributed by atoms with Gasteiger partial charge >= 0.3 is 0 Å². The maximum Gasteiger partial charge on any atom is 0.162 e. The van der Waals surface area contributed by atoms with Crippen molar-refractivity contribution in [3.05, 3.63) is 36.0 Å². The van der Waals surface area contributed by atoms with E-state index in [1.54, 1.807) is 19.2 Å². The maximum atomic E-state index is 8.80. The molecule has 5 nitrogen and oxygen atoms in total. The van der Waals surface area contributed by atoms with Crippen molar-refractivity contribution in [2.45, 2.75) is 0 Å². The fraction of sp³-hybridized carbons (Fsp3) is 0.0833. The molecule has 0 unspecified atom stereocenters. The Morgan fingerprint density at radius 1 is 1.24 bits per heavy atom. The van der Waals surface area contributed by atoms with Crippen LogP contribution in [-0.4, -0.2) is 17.1 Å². The van der Waals surface area contributed by atoms with E-state index in [9.17, 15) is 0 Å². The topological polar surface area (TPSA) is 84.8 Å². The van der Waals surface area contributed by atoms with Crippen molar-refractivity contribution in [3.63, 3.8) is 0 Å². The molecule has 0 atom stereocenters. The van der Waals surface area contributed by atoms with Gasteiger partial charge in [0, 0.05) is 11.6 Å². The Hall–Kier alpha value is -2.61. The SMILES string of the molecule is COc1ccc(-c2nc(N)cc(C#N)n2)cc1. The van der Waals surface area contributed by atoms with E-state index in [2.05, 4.69) is 9.97 Å². The van der Waals surface area contributed by atoms with Crippen LogP contribution in [0.4, 0.5) is 5.82 Å². The van der Waals surface area contributed by atoms with Gasteiger partial charge in [0.2, 0.25) is 0 Å². The van der Waals surface area contributed by atoms with E-state index in [0.29, 0.717) is 5.82 Å². The second-order valence-corrected chi connectivity index (χ2v) is 3.34. The highest BCUT2D eigenvalue weighted by Gasteiger charge is 2.05. The lowest BCUT2D eigenvalue weighted by Gasteiger charge is -2.03. The molecule has 0 aliphatic heterocycles. The van der Waals surface area contributed by atoms with Gasteiger partial charge in [-0.25, -0.2) is 9.97 Å². The zero-order valence-corrected chi connectivity index (χ0v) is 9.21. The number of benzene rings is 1. The molecule has 0 aliphatic carbocycles. The van der Waals surface area contributed by atoms with Gasteiger partial charge in [-0.05, 0) is 24.3 Å². The predicted molar refractivity (Wildman–Crippen MR) is 63.1 cm³/mol. The number of hydrogen-bond acceptors (Lipinski definition) is 5. The summed E-state index contributed by atoms with van der Waals surface area (Å²) in [6, 6.07) is 10.6. The third kappa shape index (κ3) is 2.32. The minimum Gasteiger partial charge on any atom is -0.497 e. The number of nitrogen functional groups attached to an aromatic ring is 1. The van der Waals surface area contributed by atoms with Crippen LogP contribution in [0.15, 0.2) is 30.3 Å². The molecule has 17 heavy (non-hydrogen) atoms. The van der Waals surface area contributed by atoms with Gasteiger partial charge in [0.1, 0.15) is 23.3 Å². The van der Waals surface area contributed by atoms with Gasteiger partial charge in [-0.2, -0.15) is 5.26 Å². The Morgan fingerprint density at radius 3 is 2.53 bits per heavy atom. The summed E-state index contributed by atoms with van der Waals surface area (Å²) in [6.07, 6.45) is 0. The number of methoxy groups -OCH3 is 1. The Bertz CT molecular complexity index is 572. The molecule has 84 valence electrons. The number of ether oxygens (including phenoxy) is 1. The number of anilines is 1. The molecule has 2 rings (SSSR count). The monoisotopic (exact) mass is 226 g/mol. The van der Waals surface area contributed by atoms with Gasteiger partial charge in [0.15, 0.2) is 5.82 Å². The van der Waals surface area contributed by atoms with Gasteiger partial charge in [0.25, 0.3) is 0 Å². The lowest BCUT2D eigenvalue weighted by atomic mass is 10.2. The van der Waals surface area contributed by atoms with Crippen LogP contribution in [0.25, 0.3) is 11.4 Å². The first-order valence-corrected chi connectivity index (χ1v) is 4.92. The molecule has 0 fully saturated rings. The zero-order chi connectivity index (χ0) is 12.3. The van der Waals surface area contributed by atoms with Crippen LogP contribution in [0.5, 0.6) is 5.75 Å². The highest BCUT2D eigenvalue weighted by molar-refractivity contribution is 5.58. The predicted octanol–water partition coefficient (Wildman–Crippen LogP) is 1.61. The molecular weight excluding hydrogens is 216 g/mol. The first kappa shape index (κ1) is 10.9. The first-order chi connectivity index (χ1) is 8.22. The van der Waals surface area contributed by atoms with E-state index < -0.39 is 0 Å². The smallest absolute Gasteiger partial charge is 0.162 e. The number of aromatic nitrogens is 2. The number of nitrogens with zero attached hydrogens (tertiary/aromatic N) is 3. The van der Waals surface area contributed by atoms with Crippen molar-refractivity contribution in [3.8, 4) is 23.2 Å². The molecular formula is C12H10N4O. The first-order valence-electron chi connectivity index (χ1n) is 4.92. The summed E-state index contributed by atoms with van der Waals surface area (Å²) in [4.78, 5) is 8.17. The third-order valence-corrected chi connectivity index (χ3v) is 2.21. The van der Waals surface area contributed by atoms with E-state index >= 15 is 0 Å². The van der Waals surface area contributed by atoms with Crippen molar-refractivity contribution in [2.75, 3.05) is 12.8 Å². The highest BCUT2D eigenvalue weighted by atomic mass is 16.5. The Labute approximate surface area is 98.5 Å². The van der Waals surface area contributed by atoms with Gasteiger partial charge in [-0.1, -0.05) is 0 Å². The minimum absolute atomic E-state index is 0.253. The second kappa shape index (κ2) is 4.49. The quantitative estimate of drug-likeness (QED) is 0.840. The van der Waals surface area contributed by atoms with Crippen LogP contribution in [0.3, 0.4) is 0 Å². The standard InChI is InChI=1S/C12H10N4O/c1-17-10-4-2-8(3-5-10)12-15-9(7-13)6-11(14)16-12/h2-6H,1H3,(H2,14,15,16). The average molecular weight is 226 g/mol. The van der Waals surface area contributed by atoms with Crippen molar-refractivity contribution < 1.29 is 4.74 Å². The second-order valence-electron chi connectivity index (χ2n) is 3.34. The molecule has 2 aromatic rings. The zero-order valence-electron chi connectivity index (χ0n) is 9.21. The maximum absolute atomic E-state index is 8.80. The Balaban J connectivity index is 2.45. The van der Waals surface area contributed by atoms with Crippen molar-refractivity contribution >= 4 is 5.82 Å². The van der Waals surface area contributed by atoms with E-state index in [4.69, 9.17) is 15.7 Å². The number of hydrogen-bond donors (Lipinski definition) is 1. The molecule has 0 bridgehead atoms. The van der Waals surface area contributed by atoms with Gasteiger partial charge < -0.3 is 10.5 Å². The minimum atomic E-state index is 0.253. The summed E-state index contributed by atoms with van der Waals surface area (Å²) in [6.45, 7) is 0. The molecule has 2 N–H and O–H groups in total. The molecule has 0 aliphatic rings. The molecule has 1 heterocycles. The van der Waals surface area contributed by atoms with E-state index in [1.807, 2.05) is 18.2 Å². The van der Waals surface area contributed by atoms with E-state index in [-0.39, 0.29) is 11.5 Å². The average Bonchev–Trinajstić information content (AvgIpc) is 2.38. The lowest BCUT2D eigenvalue weighted by Crippen LogP contribution is -1.98. The van der Waals surface area contributed by atoms with Crippen molar-refractivity contribution in [1.82, 2.24) is 9.97 Å². The normalized spacial score (nSPS) is 9.65. The van der Waals surface area contributed by atoms with Crippen LogP contribution in [0.1, 0.15) is 5.69 Å². The summed E-state index contributed by atoms with van der Waals surface area (Å²) in [5.41, 5.74) is 6.64. The van der Waals surface area contributed by atoms with E-state index in [0.717, 1.165) is 11.3 Å². The van der Waals surface area contributed by atoms with Crippen molar-refractivity contribution in [1.29, 1.82) is 5.26 Å². The fourth-order valence-corrected chi connectivity index (χ4v) is 1.39. The van der Waals surface area contributed by atoms with Crippen LogP contribution < -0.4 is 10.5 Å². The Morgan fingerprint density at radius 2 is 1.94 bits per heavy atom. The third-order valence-electron chi connectivity index (χ3n) is 2.21. The summed E-state index contributed by atoms with van der Waals surface area (Å²) >= 11 is 0. The molecule has 0 radical (unpaired) electrons. The summed E-state index contributed by atoms with van der Waals surface area (Å²) in [7, 11) is 1.60. The molecule has 0 saturated heterocycles. The van der Waals surface area contributed by atoms with Crippen LogP contribution in [0, 0.1) is 11.3 Å². The molecule has 1 aromatic carbocycles. The summed E-state index contributed by atoms with van der Waals surface area (Å²) in [5, 5.41) is 8.80. The summed E-state index contributed by atoms with van der Waals surface area (Å²) in [5.74, 6) is 1.46.